The Labute approximate surface area is 101 Å². The van der Waals surface area contributed by atoms with Crippen LogP contribution in [0.15, 0.2) is 21.6 Å². The van der Waals surface area contributed by atoms with E-state index in [0.29, 0.717) is 18.7 Å². The Hall–Kier alpha value is -1.29. The third-order valence-electron chi connectivity index (χ3n) is 2.34. The number of terminal acetylenes is 1. The maximum Gasteiger partial charge on any atom is 0.271 e. The van der Waals surface area contributed by atoms with Crippen LogP contribution in [0.5, 0.6) is 0 Å². The summed E-state index contributed by atoms with van der Waals surface area (Å²) in [6, 6.07) is 3.12. The zero-order valence-corrected chi connectivity index (χ0v) is 10.5. The summed E-state index contributed by atoms with van der Waals surface area (Å²) in [6.07, 6.45) is 6.75. The van der Waals surface area contributed by atoms with E-state index >= 15 is 0 Å². The van der Waals surface area contributed by atoms with Gasteiger partial charge in [-0.05, 0) is 18.6 Å². The Morgan fingerprint density at radius 3 is 2.76 bits per heavy atom. The Morgan fingerprint density at radius 2 is 2.29 bits per heavy atom. The normalized spacial score (nSPS) is 13.2. The molecule has 1 heterocycles. The molecule has 0 amide bonds. The molecule has 5 nitrogen and oxygen atoms in total. The minimum atomic E-state index is -3.76. The summed E-state index contributed by atoms with van der Waals surface area (Å²) in [5.74, 6) is 3.09. The van der Waals surface area contributed by atoms with Crippen molar-refractivity contribution >= 4 is 10.0 Å². The molecule has 1 atom stereocenters. The van der Waals surface area contributed by atoms with Crippen molar-refractivity contribution in [2.45, 2.75) is 37.4 Å². The van der Waals surface area contributed by atoms with Crippen molar-refractivity contribution in [3.05, 3.63) is 17.9 Å². The number of rotatable bonds is 6. The second-order valence-electron chi connectivity index (χ2n) is 3.66. The van der Waals surface area contributed by atoms with Crippen molar-refractivity contribution in [2.75, 3.05) is 0 Å². The van der Waals surface area contributed by atoms with Gasteiger partial charge >= 0.3 is 0 Å². The molecule has 0 aliphatic rings. The van der Waals surface area contributed by atoms with Crippen LogP contribution in [0.3, 0.4) is 0 Å². The summed E-state index contributed by atoms with van der Waals surface area (Å²) < 4.78 is 27.1. The number of hydrogen-bond acceptors (Lipinski definition) is 4. The predicted octanol–water partition coefficient (Wildman–Crippen LogP) is 0.819. The summed E-state index contributed by atoms with van der Waals surface area (Å²) in [5, 5.41) is 7.89. The van der Waals surface area contributed by atoms with E-state index in [0.717, 1.165) is 6.42 Å². The fourth-order valence-corrected chi connectivity index (χ4v) is 1.84. The van der Waals surface area contributed by atoms with Crippen LogP contribution in [0.4, 0.5) is 0 Å². The second kappa shape index (κ2) is 5.87. The van der Waals surface area contributed by atoms with E-state index in [1.165, 1.54) is 6.07 Å². The highest BCUT2D eigenvalue weighted by atomic mass is 32.2. The van der Waals surface area contributed by atoms with Gasteiger partial charge in [0.1, 0.15) is 5.76 Å². The molecule has 0 spiro atoms. The average Bonchev–Trinajstić information content (AvgIpc) is 2.72. The van der Waals surface area contributed by atoms with Crippen LogP contribution in [0.1, 0.15) is 25.5 Å². The molecule has 0 aliphatic heterocycles. The smallest absolute Gasteiger partial charge is 0.271 e. The van der Waals surface area contributed by atoms with Crippen LogP contribution in [0.25, 0.3) is 0 Å². The molecule has 94 valence electrons. The van der Waals surface area contributed by atoms with Crippen molar-refractivity contribution in [1.82, 2.24) is 5.32 Å². The molecular formula is C11H16N2O3S. The lowest BCUT2D eigenvalue weighted by atomic mass is 10.1. The van der Waals surface area contributed by atoms with Crippen LogP contribution in [-0.2, 0) is 16.6 Å². The molecule has 0 radical (unpaired) electrons. The Morgan fingerprint density at radius 1 is 1.59 bits per heavy atom. The minimum absolute atomic E-state index is 0.197. The zero-order valence-electron chi connectivity index (χ0n) is 9.64. The van der Waals surface area contributed by atoms with E-state index in [1.807, 2.05) is 6.92 Å². The quantitative estimate of drug-likeness (QED) is 0.738. The molecule has 0 saturated carbocycles. The molecule has 1 aromatic heterocycles. The summed E-state index contributed by atoms with van der Waals surface area (Å²) in [5.41, 5.74) is 0. The van der Waals surface area contributed by atoms with E-state index in [1.54, 1.807) is 6.07 Å². The van der Waals surface area contributed by atoms with Crippen molar-refractivity contribution < 1.29 is 12.8 Å². The highest BCUT2D eigenvalue weighted by Crippen LogP contribution is 2.12. The summed E-state index contributed by atoms with van der Waals surface area (Å²) in [4.78, 5) is 0. The fourth-order valence-electron chi connectivity index (χ4n) is 1.35. The molecule has 0 aliphatic carbocycles. The molecule has 3 N–H and O–H groups in total. The highest BCUT2D eigenvalue weighted by Gasteiger charge is 2.13. The number of nitrogens with two attached hydrogens (primary N) is 1. The molecule has 0 bridgehead atoms. The SMILES string of the molecule is C#CCC(CC)NCc1ccc(S(N)(=O)=O)o1. The molecule has 1 unspecified atom stereocenters. The van der Waals surface area contributed by atoms with Crippen molar-refractivity contribution in [3.8, 4) is 12.3 Å². The standard InChI is InChI=1S/C11H16N2O3S/c1-3-5-9(4-2)13-8-10-6-7-11(16-10)17(12,14)15/h1,6-7,9,13H,4-5,8H2,2H3,(H2,12,14,15). The van der Waals surface area contributed by atoms with E-state index in [9.17, 15) is 8.42 Å². The molecule has 17 heavy (non-hydrogen) atoms. The lowest BCUT2D eigenvalue weighted by Crippen LogP contribution is -2.27. The number of hydrogen-bond donors (Lipinski definition) is 2. The molecule has 1 rings (SSSR count). The van der Waals surface area contributed by atoms with Crippen LogP contribution in [0.2, 0.25) is 0 Å². The molecule has 0 fully saturated rings. The van der Waals surface area contributed by atoms with Crippen LogP contribution in [0, 0.1) is 12.3 Å². The van der Waals surface area contributed by atoms with Crippen LogP contribution >= 0.6 is 0 Å². The van der Waals surface area contributed by atoms with Gasteiger partial charge in [-0.1, -0.05) is 6.92 Å². The van der Waals surface area contributed by atoms with Gasteiger partial charge in [-0.2, -0.15) is 0 Å². The maximum absolute atomic E-state index is 11.0. The average molecular weight is 256 g/mol. The van der Waals surface area contributed by atoms with Gasteiger partial charge in [-0.15, -0.1) is 12.3 Å². The Bertz CT molecular complexity index is 499. The zero-order chi connectivity index (χ0) is 12.9. The van der Waals surface area contributed by atoms with Crippen LogP contribution in [-0.4, -0.2) is 14.5 Å². The van der Waals surface area contributed by atoms with Gasteiger partial charge in [0.05, 0.1) is 6.54 Å². The first-order chi connectivity index (χ1) is 7.97. The van der Waals surface area contributed by atoms with Gasteiger partial charge < -0.3 is 9.73 Å². The summed E-state index contributed by atoms with van der Waals surface area (Å²) in [6.45, 7) is 2.45. The lowest BCUT2D eigenvalue weighted by molar-refractivity contribution is 0.386. The summed E-state index contributed by atoms with van der Waals surface area (Å²) in [7, 11) is -3.76. The molecular weight excluding hydrogens is 240 g/mol. The molecule has 0 aromatic carbocycles. The van der Waals surface area contributed by atoms with Gasteiger partial charge in [0.2, 0.25) is 5.09 Å². The first kappa shape index (κ1) is 13.8. The number of nitrogens with one attached hydrogen (secondary N) is 1. The first-order valence-electron chi connectivity index (χ1n) is 5.25. The Kier molecular flexibility index (Phi) is 4.75. The van der Waals surface area contributed by atoms with Crippen LogP contribution < -0.4 is 10.5 Å². The van der Waals surface area contributed by atoms with E-state index in [-0.39, 0.29) is 11.1 Å². The van der Waals surface area contributed by atoms with E-state index < -0.39 is 10.0 Å². The topological polar surface area (TPSA) is 85.3 Å². The lowest BCUT2D eigenvalue weighted by Gasteiger charge is -2.12. The maximum atomic E-state index is 11.0. The van der Waals surface area contributed by atoms with E-state index in [2.05, 4.69) is 11.2 Å². The fraction of sp³-hybridized carbons (Fsp3) is 0.455. The van der Waals surface area contributed by atoms with Crippen molar-refractivity contribution in [2.24, 2.45) is 5.14 Å². The summed E-state index contributed by atoms with van der Waals surface area (Å²) >= 11 is 0. The first-order valence-corrected chi connectivity index (χ1v) is 6.80. The van der Waals surface area contributed by atoms with Gasteiger partial charge in [-0.25, -0.2) is 13.6 Å². The molecule has 1 aromatic rings. The third kappa shape index (κ3) is 4.23. The van der Waals surface area contributed by atoms with E-state index in [4.69, 9.17) is 16.0 Å². The molecule has 0 saturated heterocycles. The monoisotopic (exact) mass is 256 g/mol. The molecule has 6 heteroatoms. The largest absolute Gasteiger partial charge is 0.447 e. The van der Waals surface area contributed by atoms with Gasteiger partial charge in [0, 0.05) is 12.5 Å². The second-order valence-corrected chi connectivity index (χ2v) is 5.15. The number of furan rings is 1. The van der Waals surface area contributed by atoms with Gasteiger partial charge in [0.25, 0.3) is 10.0 Å². The number of primary sulfonamides is 1. The predicted molar refractivity (Wildman–Crippen MR) is 64.4 cm³/mol. The Balaban J connectivity index is 2.59. The van der Waals surface area contributed by atoms with Crippen molar-refractivity contribution in [3.63, 3.8) is 0 Å². The third-order valence-corrected chi connectivity index (χ3v) is 3.12. The minimum Gasteiger partial charge on any atom is -0.447 e. The van der Waals surface area contributed by atoms with Gasteiger partial charge in [0.15, 0.2) is 0 Å². The van der Waals surface area contributed by atoms with Gasteiger partial charge in [-0.3, -0.25) is 0 Å². The highest BCUT2D eigenvalue weighted by molar-refractivity contribution is 7.89. The number of sulfonamides is 1. The van der Waals surface area contributed by atoms with Crippen molar-refractivity contribution in [1.29, 1.82) is 0 Å².